The van der Waals surface area contributed by atoms with E-state index in [1.54, 1.807) is 55.5 Å². The standard InChI is InChI=1S/C31H30N2O7S/c1-6-15-39-22-12-9-20(10-13-22)25-24(26(34)21-11-14-23(38-8-3)18(4)17-21)27(35)29(36)33(25)31-32-19(5)28(41-31)30(37)40-16-7-2/h6-7,9-14,17,25,34H,1-2,8,15-16H2,3-5H3/t25-/m1/s1. The number of benzene rings is 2. The Morgan fingerprint density at radius 2 is 1.78 bits per heavy atom. The van der Waals surface area contributed by atoms with Crippen molar-refractivity contribution >= 4 is 39.9 Å². The molecule has 0 aliphatic carbocycles. The van der Waals surface area contributed by atoms with Crippen LogP contribution in [-0.4, -0.2) is 47.6 Å². The summed E-state index contributed by atoms with van der Waals surface area (Å²) < 4.78 is 16.3. The molecule has 2 heterocycles. The van der Waals surface area contributed by atoms with Crippen molar-refractivity contribution in [1.82, 2.24) is 4.98 Å². The number of ketones is 1. The minimum absolute atomic E-state index is 0.0117. The largest absolute Gasteiger partial charge is 0.507 e. The van der Waals surface area contributed by atoms with Crippen molar-refractivity contribution in [3.63, 3.8) is 0 Å². The average molecular weight is 575 g/mol. The van der Waals surface area contributed by atoms with Crippen LogP contribution >= 0.6 is 11.3 Å². The number of amides is 1. The van der Waals surface area contributed by atoms with Crippen LogP contribution in [0.5, 0.6) is 11.5 Å². The zero-order valence-electron chi connectivity index (χ0n) is 23.0. The van der Waals surface area contributed by atoms with Crippen LogP contribution in [0.2, 0.25) is 0 Å². The summed E-state index contributed by atoms with van der Waals surface area (Å²) in [7, 11) is 0. The lowest BCUT2D eigenvalue weighted by Gasteiger charge is -2.23. The Hall–Kier alpha value is -4.70. The highest BCUT2D eigenvalue weighted by Gasteiger charge is 2.48. The molecule has 1 N–H and O–H groups in total. The molecule has 0 unspecified atom stereocenters. The van der Waals surface area contributed by atoms with Crippen molar-refractivity contribution in [3.8, 4) is 11.5 Å². The number of esters is 1. The zero-order valence-corrected chi connectivity index (χ0v) is 23.8. The predicted octanol–water partition coefficient (Wildman–Crippen LogP) is 5.69. The van der Waals surface area contributed by atoms with Crippen LogP contribution in [-0.2, 0) is 14.3 Å². The lowest BCUT2D eigenvalue weighted by Crippen LogP contribution is -2.29. The minimum atomic E-state index is -1.03. The number of hydrogen-bond donors (Lipinski definition) is 1. The zero-order chi connectivity index (χ0) is 29.7. The maximum atomic E-state index is 13.5. The number of rotatable bonds is 11. The summed E-state index contributed by atoms with van der Waals surface area (Å²) in [6.07, 6.45) is 3.06. The molecular formula is C31H30N2O7S. The molecule has 0 saturated carbocycles. The average Bonchev–Trinajstić information content (AvgIpc) is 3.47. The van der Waals surface area contributed by atoms with Gasteiger partial charge in [0.2, 0.25) is 0 Å². The van der Waals surface area contributed by atoms with E-state index in [4.69, 9.17) is 14.2 Å². The van der Waals surface area contributed by atoms with Gasteiger partial charge in [0.25, 0.3) is 5.78 Å². The van der Waals surface area contributed by atoms with Gasteiger partial charge in [-0.15, -0.1) is 0 Å². The number of anilines is 1. The number of aryl methyl sites for hydroxylation is 2. The molecule has 212 valence electrons. The summed E-state index contributed by atoms with van der Waals surface area (Å²) in [5.74, 6) is -1.52. The quantitative estimate of drug-likeness (QED) is 0.102. The molecule has 1 aliphatic rings. The van der Waals surface area contributed by atoms with Gasteiger partial charge in [-0.3, -0.25) is 14.5 Å². The van der Waals surface area contributed by atoms with Gasteiger partial charge in [-0.2, -0.15) is 0 Å². The summed E-state index contributed by atoms with van der Waals surface area (Å²) in [5, 5.41) is 11.6. The number of carbonyl (C=O) groups is 3. The van der Waals surface area contributed by atoms with Crippen molar-refractivity contribution in [3.05, 3.63) is 101 Å². The van der Waals surface area contributed by atoms with Gasteiger partial charge in [0.15, 0.2) is 5.13 Å². The van der Waals surface area contributed by atoms with Gasteiger partial charge in [-0.25, -0.2) is 9.78 Å². The van der Waals surface area contributed by atoms with E-state index < -0.39 is 23.7 Å². The van der Waals surface area contributed by atoms with Crippen LogP contribution in [0.3, 0.4) is 0 Å². The van der Waals surface area contributed by atoms with Gasteiger partial charge < -0.3 is 19.3 Å². The Bertz CT molecular complexity index is 1540. The fraction of sp³-hybridized carbons (Fsp3) is 0.226. The summed E-state index contributed by atoms with van der Waals surface area (Å²) in [5.41, 5.74) is 1.87. The summed E-state index contributed by atoms with van der Waals surface area (Å²) in [6.45, 7) is 13.3. The molecule has 3 aromatic rings. The number of nitrogens with zero attached hydrogens (tertiary/aromatic N) is 2. The van der Waals surface area contributed by atoms with Gasteiger partial charge in [0.1, 0.15) is 35.3 Å². The Balaban J connectivity index is 1.86. The van der Waals surface area contributed by atoms with E-state index in [1.165, 1.54) is 11.0 Å². The maximum Gasteiger partial charge on any atom is 0.350 e. The maximum absolute atomic E-state index is 13.5. The first-order chi connectivity index (χ1) is 19.7. The molecule has 1 amide bonds. The third-order valence-electron chi connectivity index (χ3n) is 6.27. The lowest BCUT2D eigenvalue weighted by molar-refractivity contribution is -0.132. The molecule has 1 aromatic heterocycles. The van der Waals surface area contributed by atoms with Crippen LogP contribution < -0.4 is 14.4 Å². The Labute approximate surface area is 242 Å². The fourth-order valence-electron chi connectivity index (χ4n) is 4.39. The molecule has 9 nitrogen and oxygen atoms in total. The molecule has 2 aromatic carbocycles. The second-order valence-electron chi connectivity index (χ2n) is 9.05. The highest BCUT2D eigenvalue weighted by molar-refractivity contribution is 7.17. The molecule has 1 fully saturated rings. The third kappa shape index (κ3) is 5.92. The van der Waals surface area contributed by atoms with Gasteiger partial charge in [-0.05, 0) is 62.2 Å². The van der Waals surface area contributed by atoms with Crippen LogP contribution in [0.15, 0.2) is 73.3 Å². The van der Waals surface area contributed by atoms with Gasteiger partial charge in [0.05, 0.1) is 23.9 Å². The lowest BCUT2D eigenvalue weighted by atomic mass is 9.95. The van der Waals surface area contributed by atoms with Gasteiger partial charge in [0, 0.05) is 5.56 Å². The number of ether oxygens (including phenoxy) is 3. The number of thiazole rings is 1. The van der Waals surface area contributed by atoms with E-state index in [2.05, 4.69) is 18.1 Å². The van der Waals surface area contributed by atoms with Gasteiger partial charge in [-0.1, -0.05) is 48.8 Å². The van der Waals surface area contributed by atoms with Crippen LogP contribution in [0.25, 0.3) is 5.76 Å². The molecule has 4 rings (SSSR count). The topological polar surface area (TPSA) is 115 Å². The SMILES string of the molecule is C=CCOC(=O)c1sc(N2C(=O)C(=O)C(=C(O)c3ccc(OCC)c(C)c3)[C@H]2c2ccc(OCC=C)cc2)nc1C. The number of Topliss-reactive ketones (excluding diaryl/α,β-unsaturated/α-hetero) is 1. The van der Waals surface area contributed by atoms with E-state index in [9.17, 15) is 19.5 Å². The molecule has 10 heteroatoms. The number of hydrogen-bond acceptors (Lipinski definition) is 9. The summed E-state index contributed by atoms with van der Waals surface area (Å²) in [4.78, 5) is 45.5. The highest BCUT2D eigenvalue weighted by Crippen LogP contribution is 2.44. The first kappa shape index (κ1) is 29.3. The van der Waals surface area contributed by atoms with Crippen LogP contribution in [0.1, 0.15) is 45.0 Å². The second kappa shape index (κ2) is 12.6. The Morgan fingerprint density at radius 1 is 1.07 bits per heavy atom. The van der Waals surface area contributed by atoms with Crippen molar-refractivity contribution in [2.75, 3.05) is 24.7 Å². The minimum Gasteiger partial charge on any atom is -0.507 e. The normalized spacial score (nSPS) is 16.0. The smallest absolute Gasteiger partial charge is 0.350 e. The van der Waals surface area contributed by atoms with E-state index in [-0.39, 0.29) is 27.9 Å². The van der Waals surface area contributed by atoms with Crippen molar-refractivity contribution in [2.24, 2.45) is 0 Å². The first-order valence-electron chi connectivity index (χ1n) is 12.9. The first-order valence-corrected chi connectivity index (χ1v) is 13.7. The number of aromatic nitrogens is 1. The number of aliphatic hydroxyl groups is 1. The molecule has 1 aliphatic heterocycles. The molecule has 0 radical (unpaired) electrons. The molecule has 1 atom stereocenters. The number of aliphatic hydroxyl groups excluding tert-OH is 1. The van der Waals surface area contributed by atoms with Crippen LogP contribution in [0, 0.1) is 13.8 Å². The Morgan fingerprint density at radius 3 is 2.41 bits per heavy atom. The predicted molar refractivity (Wildman–Crippen MR) is 157 cm³/mol. The summed E-state index contributed by atoms with van der Waals surface area (Å²) in [6, 6.07) is 10.8. The van der Waals surface area contributed by atoms with E-state index >= 15 is 0 Å². The Kier molecular flexibility index (Phi) is 9.04. The molecule has 41 heavy (non-hydrogen) atoms. The summed E-state index contributed by atoms with van der Waals surface area (Å²) >= 11 is 0.930. The molecule has 1 saturated heterocycles. The fourth-order valence-corrected chi connectivity index (χ4v) is 5.38. The van der Waals surface area contributed by atoms with E-state index in [1.807, 2.05) is 13.8 Å². The van der Waals surface area contributed by atoms with Crippen molar-refractivity contribution < 1.29 is 33.7 Å². The monoisotopic (exact) mass is 574 g/mol. The van der Waals surface area contributed by atoms with E-state index in [0.29, 0.717) is 41.5 Å². The van der Waals surface area contributed by atoms with Crippen molar-refractivity contribution in [1.29, 1.82) is 0 Å². The second-order valence-corrected chi connectivity index (χ2v) is 10.0. The van der Waals surface area contributed by atoms with Crippen molar-refractivity contribution in [2.45, 2.75) is 26.8 Å². The molecular weight excluding hydrogens is 544 g/mol. The number of carbonyl (C=O) groups excluding carboxylic acids is 3. The van der Waals surface area contributed by atoms with E-state index in [0.717, 1.165) is 16.9 Å². The molecule has 0 bridgehead atoms. The van der Waals surface area contributed by atoms with Gasteiger partial charge >= 0.3 is 11.9 Å². The highest BCUT2D eigenvalue weighted by atomic mass is 32.1. The van der Waals surface area contributed by atoms with Crippen LogP contribution in [0.4, 0.5) is 5.13 Å². The molecule has 0 spiro atoms. The third-order valence-corrected chi connectivity index (χ3v) is 7.40.